The zero-order valence-corrected chi connectivity index (χ0v) is 15.6. The van der Waals surface area contributed by atoms with Gasteiger partial charge in [0.15, 0.2) is 5.82 Å². The van der Waals surface area contributed by atoms with Crippen molar-refractivity contribution in [2.24, 2.45) is 0 Å². The van der Waals surface area contributed by atoms with E-state index in [0.29, 0.717) is 11.0 Å². The summed E-state index contributed by atoms with van der Waals surface area (Å²) in [7, 11) is 0. The van der Waals surface area contributed by atoms with Gasteiger partial charge in [-0.15, -0.1) is 5.10 Å². The van der Waals surface area contributed by atoms with Crippen molar-refractivity contribution in [3.8, 4) is 11.4 Å². The van der Waals surface area contributed by atoms with E-state index in [1.54, 1.807) is 12.4 Å². The SMILES string of the molecule is CCc1ccc([C@@H](C)NC(=O)CSc2n[nH]c(-c3ccncc3)n2)cc1. The van der Waals surface area contributed by atoms with Crippen LogP contribution in [-0.2, 0) is 11.2 Å². The molecule has 1 amide bonds. The summed E-state index contributed by atoms with van der Waals surface area (Å²) >= 11 is 1.31. The van der Waals surface area contributed by atoms with Gasteiger partial charge in [0.1, 0.15) is 0 Å². The predicted octanol–water partition coefficient (Wildman–Crippen LogP) is 3.40. The van der Waals surface area contributed by atoms with Crippen LogP contribution in [0.15, 0.2) is 53.9 Å². The first-order chi connectivity index (χ1) is 12.7. The lowest BCUT2D eigenvalue weighted by atomic mass is 10.1. The monoisotopic (exact) mass is 367 g/mol. The Morgan fingerprint density at radius 2 is 1.92 bits per heavy atom. The van der Waals surface area contributed by atoms with Gasteiger partial charge in [-0.2, -0.15) is 0 Å². The third kappa shape index (κ3) is 4.70. The Morgan fingerprint density at radius 1 is 1.19 bits per heavy atom. The second kappa shape index (κ2) is 8.62. The number of thioether (sulfide) groups is 1. The molecule has 0 saturated carbocycles. The molecule has 6 nitrogen and oxygen atoms in total. The van der Waals surface area contributed by atoms with Gasteiger partial charge in [0.05, 0.1) is 11.8 Å². The number of benzene rings is 1. The fourth-order valence-corrected chi connectivity index (χ4v) is 3.10. The molecule has 3 aromatic rings. The maximum Gasteiger partial charge on any atom is 0.230 e. The number of nitrogens with one attached hydrogen (secondary N) is 2. The fourth-order valence-electron chi connectivity index (χ4n) is 2.49. The molecular weight excluding hydrogens is 346 g/mol. The largest absolute Gasteiger partial charge is 0.349 e. The summed E-state index contributed by atoms with van der Waals surface area (Å²) in [5.74, 6) is 0.891. The van der Waals surface area contributed by atoms with Crippen molar-refractivity contribution < 1.29 is 4.79 Å². The summed E-state index contributed by atoms with van der Waals surface area (Å²) in [4.78, 5) is 20.6. The summed E-state index contributed by atoms with van der Waals surface area (Å²) in [5, 5.41) is 10.6. The molecule has 0 aliphatic heterocycles. The molecule has 0 saturated heterocycles. The Morgan fingerprint density at radius 3 is 2.62 bits per heavy atom. The average Bonchev–Trinajstić information content (AvgIpc) is 3.16. The molecule has 26 heavy (non-hydrogen) atoms. The summed E-state index contributed by atoms with van der Waals surface area (Å²) in [5.41, 5.74) is 3.30. The van der Waals surface area contributed by atoms with Crippen LogP contribution in [0.4, 0.5) is 0 Å². The molecule has 2 aromatic heterocycles. The normalized spacial score (nSPS) is 11.9. The standard InChI is InChI=1S/C19H21N5OS/c1-3-14-4-6-15(7-5-14)13(2)21-17(25)12-26-19-22-18(23-24-19)16-8-10-20-11-9-16/h4-11,13H,3,12H2,1-2H3,(H,21,25)(H,22,23,24)/t13-/m1/s1. The van der Waals surface area contributed by atoms with Gasteiger partial charge in [0.25, 0.3) is 0 Å². The summed E-state index contributed by atoms with van der Waals surface area (Å²) in [6.45, 7) is 4.11. The molecule has 134 valence electrons. The zero-order valence-electron chi connectivity index (χ0n) is 14.8. The molecular formula is C19H21N5OS. The van der Waals surface area contributed by atoms with E-state index in [1.807, 2.05) is 19.1 Å². The van der Waals surface area contributed by atoms with Gasteiger partial charge in [-0.1, -0.05) is 43.0 Å². The van der Waals surface area contributed by atoms with Gasteiger partial charge in [0, 0.05) is 18.0 Å². The van der Waals surface area contributed by atoms with Crippen molar-refractivity contribution in [3.05, 3.63) is 59.9 Å². The van der Waals surface area contributed by atoms with E-state index in [2.05, 4.69) is 56.7 Å². The third-order valence-electron chi connectivity index (χ3n) is 4.02. The minimum Gasteiger partial charge on any atom is -0.349 e. The van der Waals surface area contributed by atoms with E-state index in [1.165, 1.54) is 17.3 Å². The van der Waals surface area contributed by atoms with Crippen molar-refractivity contribution >= 4 is 17.7 Å². The highest BCUT2D eigenvalue weighted by molar-refractivity contribution is 7.99. The third-order valence-corrected chi connectivity index (χ3v) is 4.86. The van der Waals surface area contributed by atoms with E-state index in [0.717, 1.165) is 17.5 Å². The first-order valence-electron chi connectivity index (χ1n) is 8.49. The van der Waals surface area contributed by atoms with Gasteiger partial charge in [-0.05, 0) is 36.6 Å². The van der Waals surface area contributed by atoms with Crippen molar-refractivity contribution in [1.29, 1.82) is 0 Å². The second-order valence-corrected chi connectivity index (χ2v) is 6.82. The molecule has 3 rings (SSSR count). The van der Waals surface area contributed by atoms with Crippen molar-refractivity contribution in [2.75, 3.05) is 5.75 Å². The average molecular weight is 367 g/mol. The number of amides is 1. The Kier molecular flexibility index (Phi) is 6.01. The molecule has 0 radical (unpaired) electrons. The number of H-pyrrole nitrogens is 1. The molecule has 0 fully saturated rings. The van der Waals surface area contributed by atoms with Gasteiger partial charge in [0.2, 0.25) is 11.1 Å². The van der Waals surface area contributed by atoms with Crippen molar-refractivity contribution in [2.45, 2.75) is 31.5 Å². The number of pyridine rings is 1. The first kappa shape index (κ1) is 18.1. The van der Waals surface area contributed by atoms with Crippen LogP contribution in [0.1, 0.15) is 31.0 Å². The van der Waals surface area contributed by atoms with Crippen molar-refractivity contribution in [3.63, 3.8) is 0 Å². The van der Waals surface area contributed by atoms with E-state index >= 15 is 0 Å². The Hall–Kier alpha value is -2.67. The number of carbonyl (C=O) groups is 1. The number of nitrogens with zero attached hydrogens (tertiary/aromatic N) is 3. The summed E-state index contributed by atoms with van der Waals surface area (Å²) < 4.78 is 0. The number of hydrogen-bond acceptors (Lipinski definition) is 5. The van der Waals surface area contributed by atoms with Crippen LogP contribution in [0.25, 0.3) is 11.4 Å². The van der Waals surface area contributed by atoms with Gasteiger partial charge >= 0.3 is 0 Å². The molecule has 7 heteroatoms. The Balaban J connectivity index is 1.51. The highest BCUT2D eigenvalue weighted by Crippen LogP contribution is 2.19. The van der Waals surface area contributed by atoms with Crippen LogP contribution in [0, 0.1) is 0 Å². The Bertz CT molecular complexity index is 848. The molecule has 0 bridgehead atoms. The number of hydrogen-bond donors (Lipinski definition) is 2. The quantitative estimate of drug-likeness (QED) is 0.625. The van der Waals surface area contributed by atoms with Crippen LogP contribution in [0.2, 0.25) is 0 Å². The molecule has 0 aliphatic carbocycles. The molecule has 2 heterocycles. The first-order valence-corrected chi connectivity index (χ1v) is 9.48. The number of carbonyl (C=O) groups excluding carboxylic acids is 1. The molecule has 0 unspecified atom stereocenters. The molecule has 2 N–H and O–H groups in total. The minimum atomic E-state index is -0.0441. The highest BCUT2D eigenvalue weighted by Gasteiger charge is 2.12. The number of aromatic nitrogens is 4. The zero-order chi connectivity index (χ0) is 18.4. The van der Waals surface area contributed by atoms with Crippen LogP contribution in [0.5, 0.6) is 0 Å². The molecule has 1 aromatic carbocycles. The lowest BCUT2D eigenvalue weighted by Gasteiger charge is -2.14. The van der Waals surface area contributed by atoms with Crippen LogP contribution in [-0.4, -0.2) is 31.8 Å². The second-order valence-electron chi connectivity index (χ2n) is 5.88. The van der Waals surface area contributed by atoms with E-state index < -0.39 is 0 Å². The topological polar surface area (TPSA) is 83.6 Å². The van der Waals surface area contributed by atoms with Gasteiger partial charge < -0.3 is 5.32 Å². The van der Waals surface area contributed by atoms with E-state index in [4.69, 9.17) is 0 Å². The lowest BCUT2D eigenvalue weighted by molar-refractivity contribution is -0.119. The fraction of sp³-hybridized carbons (Fsp3) is 0.263. The van der Waals surface area contributed by atoms with E-state index in [-0.39, 0.29) is 17.7 Å². The predicted molar refractivity (Wildman–Crippen MR) is 103 cm³/mol. The number of aryl methyl sites for hydroxylation is 1. The lowest BCUT2D eigenvalue weighted by Crippen LogP contribution is -2.28. The van der Waals surface area contributed by atoms with Crippen molar-refractivity contribution in [1.82, 2.24) is 25.5 Å². The molecule has 0 aliphatic rings. The minimum absolute atomic E-state index is 0.0338. The van der Waals surface area contributed by atoms with Gasteiger partial charge in [-0.25, -0.2) is 4.98 Å². The summed E-state index contributed by atoms with van der Waals surface area (Å²) in [6.07, 6.45) is 4.41. The maximum absolute atomic E-state index is 12.2. The maximum atomic E-state index is 12.2. The smallest absolute Gasteiger partial charge is 0.230 e. The molecule has 1 atom stereocenters. The Labute approximate surface area is 156 Å². The highest BCUT2D eigenvalue weighted by atomic mass is 32.2. The summed E-state index contributed by atoms with van der Waals surface area (Å²) in [6, 6.07) is 12.0. The molecule has 0 spiro atoms. The van der Waals surface area contributed by atoms with Crippen LogP contribution >= 0.6 is 11.8 Å². The van der Waals surface area contributed by atoms with Crippen LogP contribution in [0.3, 0.4) is 0 Å². The number of aromatic amines is 1. The van der Waals surface area contributed by atoms with E-state index in [9.17, 15) is 4.79 Å². The number of rotatable bonds is 7. The van der Waals surface area contributed by atoms with Gasteiger partial charge in [-0.3, -0.25) is 14.9 Å². The van der Waals surface area contributed by atoms with Crippen LogP contribution < -0.4 is 5.32 Å².